The molecule has 1 N–H and O–H groups in total. The lowest BCUT2D eigenvalue weighted by Crippen LogP contribution is -2.59. The maximum absolute atomic E-state index is 4.01. The quantitative estimate of drug-likeness (QED) is 0.588. The molecule has 0 amide bonds. The molecule has 1 aromatic carbocycles. The van der Waals surface area contributed by atoms with Crippen LogP contribution in [0.4, 0.5) is 0 Å². The van der Waals surface area contributed by atoms with Gasteiger partial charge in [0.1, 0.15) is 8.24 Å². The van der Waals surface area contributed by atoms with Gasteiger partial charge >= 0.3 is 0 Å². The van der Waals surface area contributed by atoms with Crippen LogP contribution in [0.2, 0.25) is 18.6 Å². The fourth-order valence-corrected chi connectivity index (χ4v) is 12.6. The monoisotopic (exact) mass is 438 g/mol. The SMILES string of the molecule is C[C@H]1NC2C(c3ccccc3)=CC=C[C@H]2N1[Si](C)(C)C1C2C=CC=CC2C2C=CC=CC21. The van der Waals surface area contributed by atoms with Gasteiger partial charge in [-0.1, -0.05) is 110 Å². The lowest BCUT2D eigenvalue weighted by Gasteiger charge is -2.48. The van der Waals surface area contributed by atoms with E-state index in [4.69, 9.17) is 0 Å². The van der Waals surface area contributed by atoms with E-state index in [1.54, 1.807) is 0 Å². The second-order valence-corrected chi connectivity index (χ2v) is 15.1. The number of hydrogen-bond acceptors (Lipinski definition) is 2. The summed E-state index contributed by atoms with van der Waals surface area (Å²) in [5.41, 5.74) is 3.48. The summed E-state index contributed by atoms with van der Waals surface area (Å²) in [4.78, 5) is 0. The van der Waals surface area contributed by atoms with Crippen LogP contribution in [0.3, 0.4) is 0 Å². The van der Waals surface area contributed by atoms with Crippen molar-refractivity contribution in [3.63, 3.8) is 0 Å². The Balaban J connectivity index is 1.37. The molecule has 1 aromatic rings. The summed E-state index contributed by atoms with van der Waals surface area (Å²) >= 11 is 0. The third-order valence-corrected chi connectivity index (χ3v) is 13.1. The van der Waals surface area contributed by atoms with E-state index in [0.717, 1.165) is 0 Å². The summed E-state index contributed by atoms with van der Waals surface area (Å²) in [7, 11) is -1.83. The van der Waals surface area contributed by atoms with Crippen molar-refractivity contribution in [2.45, 2.75) is 43.8 Å². The van der Waals surface area contributed by atoms with Crippen molar-refractivity contribution < 1.29 is 0 Å². The van der Waals surface area contributed by atoms with Crippen LogP contribution in [0.5, 0.6) is 0 Å². The van der Waals surface area contributed by atoms with E-state index in [-0.39, 0.29) is 0 Å². The molecule has 164 valence electrons. The molecule has 7 atom stereocenters. The molecule has 0 aromatic heterocycles. The Morgan fingerprint density at radius 3 is 1.97 bits per heavy atom. The highest BCUT2D eigenvalue weighted by atomic mass is 28.3. The van der Waals surface area contributed by atoms with Crippen LogP contribution in [0, 0.1) is 23.7 Å². The normalized spacial score (nSPS) is 39.7. The molecule has 1 aliphatic heterocycles. The first-order chi connectivity index (χ1) is 15.6. The fraction of sp³-hybridized carbons (Fsp3) is 0.379. The number of fused-ring (bicyclic) bond motifs is 4. The Labute approximate surface area is 193 Å². The van der Waals surface area contributed by atoms with Gasteiger partial charge < -0.3 is 4.57 Å². The minimum atomic E-state index is -1.83. The molecule has 1 heterocycles. The van der Waals surface area contributed by atoms with Crippen molar-refractivity contribution in [3.05, 3.63) is 103 Å². The largest absolute Gasteiger partial charge is 0.301 e. The standard InChI is InChI=1S/C29H34N2Si/c1-20-30-28-22(21-12-5-4-6-13-21)18-11-19-27(28)31(20)32(2,3)29-25-16-9-7-14-23(25)24-15-8-10-17-26(24)29/h4-20,23-30H,1-3H3/t20-,23?,24?,25?,26?,27+,28?,29?/m0/s1. The Morgan fingerprint density at radius 2 is 1.34 bits per heavy atom. The van der Waals surface area contributed by atoms with E-state index in [1.165, 1.54) is 11.1 Å². The van der Waals surface area contributed by atoms with Gasteiger partial charge in [-0.2, -0.15) is 0 Å². The molecule has 5 aliphatic rings. The number of nitrogens with zero attached hydrogens (tertiary/aromatic N) is 1. The third kappa shape index (κ3) is 2.98. The van der Waals surface area contributed by atoms with Gasteiger partial charge in [0, 0.05) is 6.04 Å². The van der Waals surface area contributed by atoms with Crippen molar-refractivity contribution >= 4 is 13.8 Å². The summed E-state index contributed by atoms with van der Waals surface area (Å²) in [5.74, 6) is 2.58. The van der Waals surface area contributed by atoms with Crippen LogP contribution in [0.25, 0.3) is 5.57 Å². The molecule has 2 fully saturated rings. The summed E-state index contributed by atoms with van der Waals surface area (Å²) in [6.45, 7) is 7.68. The number of benzene rings is 1. The van der Waals surface area contributed by atoms with Crippen molar-refractivity contribution in [1.29, 1.82) is 0 Å². The van der Waals surface area contributed by atoms with E-state index in [2.05, 4.69) is 127 Å². The first kappa shape index (κ1) is 20.4. The average Bonchev–Trinajstić information content (AvgIpc) is 3.34. The topological polar surface area (TPSA) is 15.3 Å². The zero-order chi connectivity index (χ0) is 21.9. The molecular formula is C29H34N2Si. The fourth-order valence-electron chi connectivity index (χ4n) is 7.64. The predicted octanol–water partition coefficient (Wildman–Crippen LogP) is 5.93. The number of rotatable bonds is 3. The summed E-state index contributed by atoms with van der Waals surface area (Å²) in [5, 5.41) is 4.01. The third-order valence-electron chi connectivity index (χ3n) is 8.73. The van der Waals surface area contributed by atoms with Crippen LogP contribution < -0.4 is 5.32 Å². The smallest absolute Gasteiger partial charge is 0.129 e. The van der Waals surface area contributed by atoms with Gasteiger partial charge in [0.15, 0.2) is 0 Å². The summed E-state index contributed by atoms with van der Waals surface area (Å²) in [6, 6.07) is 11.7. The zero-order valence-corrected chi connectivity index (χ0v) is 20.3. The van der Waals surface area contributed by atoms with Gasteiger partial charge in [-0.3, -0.25) is 5.32 Å². The molecule has 6 rings (SSSR count). The molecule has 3 heteroatoms. The Morgan fingerprint density at radius 1 is 0.750 bits per heavy atom. The first-order valence-electron chi connectivity index (χ1n) is 12.3. The van der Waals surface area contributed by atoms with Crippen LogP contribution in [-0.2, 0) is 0 Å². The van der Waals surface area contributed by atoms with Gasteiger partial charge in [0.05, 0.1) is 12.2 Å². The first-order valence-corrected chi connectivity index (χ1v) is 15.3. The van der Waals surface area contributed by atoms with Crippen LogP contribution in [0.1, 0.15) is 12.5 Å². The minimum absolute atomic E-state index is 0.362. The maximum Gasteiger partial charge on any atom is 0.129 e. The second-order valence-electron chi connectivity index (χ2n) is 10.6. The van der Waals surface area contributed by atoms with Crippen molar-refractivity contribution in [2.24, 2.45) is 23.7 Å². The summed E-state index contributed by atoms with van der Waals surface area (Å²) in [6.07, 6.45) is 26.6. The molecule has 0 radical (unpaired) electrons. The average molecular weight is 439 g/mol. The molecule has 0 spiro atoms. The Bertz CT molecular complexity index is 1030. The highest BCUT2D eigenvalue weighted by Crippen LogP contribution is 2.59. The highest BCUT2D eigenvalue weighted by molar-refractivity contribution is 6.76. The number of allylic oxidation sites excluding steroid dienone is 10. The Kier molecular flexibility index (Phi) is 4.90. The molecule has 2 nitrogen and oxygen atoms in total. The van der Waals surface area contributed by atoms with Crippen LogP contribution in [0.15, 0.2) is 97.2 Å². The molecule has 0 bridgehead atoms. The van der Waals surface area contributed by atoms with Crippen molar-refractivity contribution in [1.82, 2.24) is 9.88 Å². The van der Waals surface area contributed by atoms with Gasteiger partial charge in [-0.15, -0.1) is 0 Å². The Hall–Kier alpha value is -2.20. The van der Waals surface area contributed by atoms with Gasteiger partial charge in [-0.25, -0.2) is 0 Å². The van der Waals surface area contributed by atoms with E-state index < -0.39 is 8.24 Å². The molecule has 4 aliphatic carbocycles. The van der Waals surface area contributed by atoms with Gasteiger partial charge in [-0.05, 0) is 47.3 Å². The second kappa shape index (κ2) is 7.69. The van der Waals surface area contributed by atoms with E-state index in [9.17, 15) is 0 Å². The van der Waals surface area contributed by atoms with E-state index in [1.807, 2.05) is 0 Å². The lowest BCUT2D eigenvalue weighted by molar-refractivity contribution is 0.338. The molecule has 1 saturated heterocycles. The number of hydrogen-bond donors (Lipinski definition) is 1. The van der Waals surface area contributed by atoms with Gasteiger partial charge in [0.25, 0.3) is 0 Å². The minimum Gasteiger partial charge on any atom is -0.301 e. The predicted molar refractivity (Wildman–Crippen MR) is 137 cm³/mol. The van der Waals surface area contributed by atoms with E-state index >= 15 is 0 Å². The van der Waals surface area contributed by atoms with Gasteiger partial charge in [0.2, 0.25) is 0 Å². The molecular weight excluding hydrogens is 404 g/mol. The molecule has 32 heavy (non-hydrogen) atoms. The lowest BCUT2D eigenvalue weighted by atomic mass is 9.83. The summed E-state index contributed by atoms with van der Waals surface area (Å²) < 4.78 is 2.92. The molecule has 5 unspecified atom stereocenters. The number of nitrogens with one attached hydrogen (secondary N) is 1. The van der Waals surface area contributed by atoms with Crippen molar-refractivity contribution in [3.8, 4) is 0 Å². The molecule has 1 saturated carbocycles. The maximum atomic E-state index is 4.01. The van der Waals surface area contributed by atoms with Crippen LogP contribution >= 0.6 is 0 Å². The van der Waals surface area contributed by atoms with E-state index in [0.29, 0.717) is 47.5 Å². The highest BCUT2D eigenvalue weighted by Gasteiger charge is 2.58. The van der Waals surface area contributed by atoms with Crippen molar-refractivity contribution in [2.75, 3.05) is 0 Å². The zero-order valence-electron chi connectivity index (χ0n) is 19.3. The van der Waals surface area contributed by atoms with Crippen LogP contribution in [-0.4, -0.2) is 31.1 Å².